The smallest absolute Gasteiger partial charge is 0.369 e. The highest BCUT2D eigenvalue weighted by Gasteiger charge is 2.34. The Hall–Kier alpha value is -1.72. The molecule has 3 rings (SSSR count). The van der Waals surface area contributed by atoms with Crippen LogP contribution < -0.4 is 4.90 Å². The summed E-state index contributed by atoms with van der Waals surface area (Å²) >= 11 is 5.70. The fourth-order valence-electron chi connectivity index (χ4n) is 3.31. The van der Waals surface area contributed by atoms with Gasteiger partial charge in [-0.05, 0) is 43.1 Å². The molecule has 1 aliphatic rings. The van der Waals surface area contributed by atoms with Crippen LogP contribution in [0.3, 0.4) is 0 Å². The topological polar surface area (TPSA) is 6.48 Å². The van der Waals surface area contributed by atoms with Gasteiger partial charge in [-0.25, -0.2) is 0 Å². The maximum absolute atomic E-state index is 13.0. The third-order valence-electron chi connectivity index (χ3n) is 4.78. The summed E-state index contributed by atoms with van der Waals surface area (Å²) in [5.74, 6) is 0. The molecule has 1 heterocycles. The zero-order valence-electron chi connectivity index (χ0n) is 14.5. The van der Waals surface area contributed by atoms with E-state index in [0.29, 0.717) is 5.69 Å². The molecule has 140 valence electrons. The van der Waals surface area contributed by atoms with Crippen LogP contribution in [0.5, 0.6) is 0 Å². The van der Waals surface area contributed by atoms with Crippen molar-refractivity contribution in [1.82, 2.24) is 4.90 Å². The molecule has 2 aromatic rings. The summed E-state index contributed by atoms with van der Waals surface area (Å²) in [6.07, 6.45) is -2.29. The number of hydrogen-bond donors (Lipinski definition) is 0. The van der Waals surface area contributed by atoms with Crippen molar-refractivity contribution in [1.29, 1.82) is 0 Å². The van der Waals surface area contributed by atoms with E-state index in [1.165, 1.54) is 11.6 Å². The van der Waals surface area contributed by atoms with E-state index in [-0.39, 0.29) is 5.02 Å². The van der Waals surface area contributed by atoms with Crippen LogP contribution in [0.4, 0.5) is 18.9 Å². The van der Waals surface area contributed by atoms with Gasteiger partial charge in [0.2, 0.25) is 0 Å². The molecule has 0 spiro atoms. The van der Waals surface area contributed by atoms with Crippen molar-refractivity contribution in [2.45, 2.75) is 19.0 Å². The monoisotopic (exact) mass is 382 g/mol. The molecule has 6 heteroatoms. The van der Waals surface area contributed by atoms with Crippen LogP contribution in [0, 0.1) is 0 Å². The number of benzene rings is 2. The van der Waals surface area contributed by atoms with E-state index < -0.39 is 11.7 Å². The van der Waals surface area contributed by atoms with Gasteiger partial charge in [0.15, 0.2) is 0 Å². The standard InChI is InChI=1S/C20H22ClF3N2/c21-19-9-8-17(15-18(19)20(22,23)24)26-13-11-25(12-14-26)10-4-7-16-5-2-1-3-6-16/h1-3,5-6,8-9,15H,4,7,10-14H2. The largest absolute Gasteiger partial charge is 0.417 e. The Balaban J connectivity index is 1.51. The van der Waals surface area contributed by atoms with Crippen molar-refractivity contribution in [2.24, 2.45) is 0 Å². The summed E-state index contributed by atoms with van der Waals surface area (Å²) in [4.78, 5) is 4.37. The van der Waals surface area contributed by atoms with Crippen LogP contribution in [-0.2, 0) is 12.6 Å². The number of halogens is 4. The van der Waals surface area contributed by atoms with Gasteiger partial charge in [-0.2, -0.15) is 13.2 Å². The lowest BCUT2D eigenvalue weighted by atomic mass is 10.1. The molecule has 0 atom stereocenters. The normalized spacial score (nSPS) is 16.1. The first-order chi connectivity index (χ1) is 12.4. The number of rotatable bonds is 5. The lowest BCUT2D eigenvalue weighted by Crippen LogP contribution is -2.46. The van der Waals surface area contributed by atoms with Crippen LogP contribution in [0.15, 0.2) is 48.5 Å². The van der Waals surface area contributed by atoms with Crippen LogP contribution >= 0.6 is 11.6 Å². The fourth-order valence-corrected chi connectivity index (χ4v) is 3.53. The van der Waals surface area contributed by atoms with Gasteiger partial charge in [0.25, 0.3) is 0 Å². The number of anilines is 1. The highest BCUT2D eigenvalue weighted by Crippen LogP contribution is 2.37. The van der Waals surface area contributed by atoms with Crippen molar-refractivity contribution in [3.05, 3.63) is 64.7 Å². The third kappa shape index (κ3) is 4.92. The second-order valence-corrected chi connectivity index (χ2v) is 6.99. The summed E-state index contributed by atoms with van der Waals surface area (Å²) in [5, 5.41) is -0.249. The van der Waals surface area contributed by atoms with Crippen molar-refractivity contribution in [2.75, 3.05) is 37.6 Å². The minimum atomic E-state index is -4.42. The van der Waals surface area contributed by atoms with Crippen LogP contribution in [0.1, 0.15) is 17.5 Å². The van der Waals surface area contributed by atoms with Gasteiger partial charge in [-0.1, -0.05) is 41.9 Å². The molecule has 2 nitrogen and oxygen atoms in total. The molecule has 0 saturated carbocycles. The molecule has 0 N–H and O–H groups in total. The van der Waals surface area contributed by atoms with Gasteiger partial charge in [-0.15, -0.1) is 0 Å². The Morgan fingerprint density at radius 1 is 0.923 bits per heavy atom. The predicted octanol–water partition coefficient (Wildman–Crippen LogP) is 5.11. The van der Waals surface area contributed by atoms with Crippen molar-refractivity contribution < 1.29 is 13.2 Å². The molecule has 0 unspecified atom stereocenters. The first-order valence-electron chi connectivity index (χ1n) is 8.81. The van der Waals surface area contributed by atoms with Gasteiger partial charge in [0.05, 0.1) is 10.6 Å². The maximum atomic E-state index is 13.0. The van der Waals surface area contributed by atoms with Crippen molar-refractivity contribution in [3.8, 4) is 0 Å². The Kier molecular flexibility index (Phi) is 6.09. The maximum Gasteiger partial charge on any atom is 0.417 e. The highest BCUT2D eigenvalue weighted by molar-refractivity contribution is 6.31. The summed E-state index contributed by atoms with van der Waals surface area (Å²) in [6, 6.07) is 14.6. The first kappa shape index (κ1) is 19.1. The van der Waals surface area contributed by atoms with Crippen molar-refractivity contribution >= 4 is 17.3 Å². The Labute approximate surface area is 157 Å². The molecule has 0 bridgehead atoms. The molecule has 0 aromatic heterocycles. The fraction of sp³-hybridized carbons (Fsp3) is 0.400. The molecule has 2 aromatic carbocycles. The minimum absolute atomic E-state index is 0.249. The molecule has 1 saturated heterocycles. The average molecular weight is 383 g/mol. The van der Waals surface area contributed by atoms with E-state index >= 15 is 0 Å². The van der Waals surface area contributed by atoms with E-state index in [9.17, 15) is 13.2 Å². The Morgan fingerprint density at radius 2 is 1.62 bits per heavy atom. The van der Waals surface area contributed by atoms with E-state index in [1.807, 2.05) is 11.0 Å². The summed E-state index contributed by atoms with van der Waals surface area (Å²) in [7, 11) is 0. The van der Waals surface area contributed by atoms with Gasteiger partial charge in [-0.3, -0.25) is 4.90 Å². The zero-order chi connectivity index (χ0) is 18.6. The molecular weight excluding hydrogens is 361 g/mol. The van der Waals surface area contributed by atoms with Gasteiger partial charge in [0.1, 0.15) is 0 Å². The minimum Gasteiger partial charge on any atom is -0.369 e. The summed E-state index contributed by atoms with van der Waals surface area (Å²) in [6.45, 7) is 4.18. The van der Waals surface area contributed by atoms with Gasteiger partial charge in [0, 0.05) is 31.9 Å². The van der Waals surface area contributed by atoms with E-state index in [2.05, 4.69) is 29.2 Å². The quantitative estimate of drug-likeness (QED) is 0.708. The highest BCUT2D eigenvalue weighted by atomic mass is 35.5. The van der Waals surface area contributed by atoms with E-state index in [4.69, 9.17) is 11.6 Å². The SMILES string of the molecule is FC(F)(F)c1cc(N2CCN(CCCc3ccccc3)CC2)ccc1Cl. The Bertz CT molecular complexity index is 711. The number of piperazine rings is 1. The molecule has 1 aliphatic heterocycles. The third-order valence-corrected chi connectivity index (χ3v) is 5.10. The molecule has 26 heavy (non-hydrogen) atoms. The van der Waals surface area contributed by atoms with Crippen LogP contribution in [0.2, 0.25) is 5.02 Å². The van der Waals surface area contributed by atoms with E-state index in [1.54, 1.807) is 6.07 Å². The van der Waals surface area contributed by atoms with Crippen LogP contribution in [0.25, 0.3) is 0 Å². The molecular formula is C20H22ClF3N2. The second kappa shape index (κ2) is 8.31. The van der Waals surface area contributed by atoms with Gasteiger partial charge >= 0.3 is 6.18 Å². The summed E-state index contributed by atoms with van der Waals surface area (Å²) < 4.78 is 39.1. The Morgan fingerprint density at radius 3 is 2.27 bits per heavy atom. The summed E-state index contributed by atoms with van der Waals surface area (Å²) in [5.41, 5.74) is 1.17. The number of alkyl halides is 3. The lowest BCUT2D eigenvalue weighted by Gasteiger charge is -2.36. The molecule has 0 aliphatic carbocycles. The predicted molar refractivity (Wildman–Crippen MR) is 99.9 cm³/mol. The number of nitrogens with zero attached hydrogens (tertiary/aromatic N) is 2. The average Bonchev–Trinajstić information content (AvgIpc) is 2.63. The van der Waals surface area contributed by atoms with Crippen LogP contribution in [-0.4, -0.2) is 37.6 Å². The molecule has 1 fully saturated rings. The molecule has 0 radical (unpaired) electrons. The molecule has 0 amide bonds. The second-order valence-electron chi connectivity index (χ2n) is 6.58. The lowest BCUT2D eigenvalue weighted by molar-refractivity contribution is -0.137. The van der Waals surface area contributed by atoms with E-state index in [0.717, 1.165) is 51.6 Å². The number of hydrogen-bond acceptors (Lipinski definition) is 2. The first-order valence-corrected chi connectivity index (χ1v) is 9.19. The van der Waals surface area contributed by atoms with Crippen molar-refractivity contribution in [3.63, 3.8) is 0 Å². The number of aryl methyl sites for hydroxylation is 1. The zero-order valence-corrected chi connectivity index (χ0v) is 15.2. The van der Waals surface area contributed by atoms with Gasteiger partial charge < -0.3 is 4.90 Å².